The Morgan fingerprint density at radius 3 is 2.71 bits per heavy atom. The van der Waals surface area contributed by atoms with E-state index in [1.807, 2.05) is 12.1 Å². The van der Waals surface area contributed by atoms with Gasteiger partial charge in [-0.15, -0.1) is 0 Å². The maximum atomic E-state index is 12.3. The number of hydrogen-bond donors (Lipinski definition) is 1. The van der Waals surface area contributed by atoms with Crippen molar-refractivity contribution in [3.63, 3.8) is 0 Å². The third-order valence-corrected chi connectivity index (χ3v) is 3.71. The number of alkyl halides is 3. The number of pyridine rings is 1. The van der Waals surface area contributed by atoms with E-state index in [1.165, 1.54) is 10.5 Å². The largest absolute Gasteiger partial charge is 0.401 e. The monoisotopic (exact) mass is 303 g/mol. The normalized spacial score (nSPS) is 17.9. The topological polar surface area (TPSA) is 28.2 Å². The Labute approximate surface area is 125 Å². The van der Waals surface area contributed by atoms with Crippen LogP contribution in [-0.2, 0) is 6.42 Å². The van der Waals surface area contributed by atoms with Crippen molar-refractivity contribution >= 4 is 5.82 Å². The Hall–Kier alpha value is -1.30. The number of nitrogens with zero attached hydrogens (tertiary/aromatic N) is 2. The van der Waals surface area contributed by atoms with Crippen molar-refractivity contribution in [3.8, 4) is 0 Å². The first-order valence-electron chi connectivity index (χ1n) is 7.47. The lowest BCUT2D eigenvalue weighted by atomic mass is 10.0. The second-order valence-electron chi connectivity index (χ2n) is 5.61. The molecule has 1 aliphatic rings. The molecule has 0 bridgehead atoms. The van der Waals surface area contributed by atoms with Gasteiger partial charge in [0, 0.05) is 26.8 Å². The summed E-state index contributed by atoms with van der Waals surface area (Å²) in [6.45, 7) is 2.28. The van der Waals surface area contributed by atoms with Crippen molar-refractivity contribution in [2.24, 2.45) is 0 Å². The maximum Gasteiger partial charge on any atom is 0.401 e. The Kier molecular flexibility index (Phi) is 5.45. The van der Waals surface area contributed by atoms with Gasteiger partial charge in [0.1, 0.15) is 5.82 Å². The Bertz CT molecular complexity index is 446. The number of aromatic nitrogens is 1. The fourth-order valence-corrected chi connectivity index (χ4v) is 2.70. The summed E-state index contributed by atoms with van der Waals surface area (Å²) < 4.78 is 37.0. The average Bonchev–Trinajstić information content (AvgIpc) is 2.40. The average molecular weight is 303 g/mol. The van der Waals surface area contributed by atoms with Crippen molar-refractivity contribution in [2.75, 3.05) is 25.0 Å². The van der Waals surface area contributed by atoms with E-state index in [-0.39, 0.29) is 7.47 Å². The third-order valence-electron chi connectivity index (χ3n) is 3.71. The van der Waals surface area contributed by atoms with Crippen LogP contribution in [0.4, 0.5) is 19.0 Å². The highest BCUT2D eigenvalue weighted by atomic mass is 19.4. The molecule has 2 heterocycles. The van der Waals surface area contributed by atoms with Crippen molar-refractivity contribution in [3.05, 3.63) is 23.9 Å². The number of aryl methyl sites for hydroxylation is 1. The van der Waals surface area contributed by atoms with Gasteiger partial charge in [0.2, 0.25) is 0 Å². The summed E-state index contributed by atoms with van der Waals surface area (Å²) in [4.78, 5) is 5.76. The molecule has 0 aliphatic carbocycles. The lowest BCUT2D eigenvalue weighted by molar-refractivity contribution is -0.147. The molecule has 0 unspecified atom stereocenters. The molecule has 6 heteroatoms. The highest BCUT2D eigenvalue weighted by Crippen LogP contribution is 2.21. The molecule has 21 heavy (non-hydrogen) atoms. The predicted molar refractivity (Wildman–Crippen MR) is 79.5 cm³/mol. The summed E-state index contributed by atoms with van der Waals surface area (Å²) in [5, 5.41) is 3.34. The molecule has 120 valence electrons. The highest BCUT2D eigenvalue weighted by Gasteiger charge is 2.32. The molecule has 3 nitrogen and oxygen atoms in total. The molecule has 2 rings (SSSR count). The Morgan fingerprint density at radius 2 is 2.10 bits per heavy atom. The zero-order chi connectivity index (χ0) is 15.3. The van der Waals surface area contributed by atoms with E-state index in [9.17, 15) is 13.2 Å². The third kappa shape index (κ3) is 5.53. The Balaban J connectivity index is 0.00000242. The quantitative estimate of drug-likeness (QED) is 0.898. The van der Waals surface area contributed by atoms with Crippen molar-refractivity contribution in [2.45, 2.75) is 44.8 Å². The van der Waals surface area contributed by atoms with Crippen LogP contribution >= 0.6 is 0 Å². The van der Waals surface area contributed by atoms with Gasteiger partial charge < -0.3 is 5.32 Å². The van der Waals surface area contributed by atoms with Gasteiger partial charge in [-0.25, -0.2) is 4.98 Å². The molecular weight excluding hydrogens is 279 g/mol. The van der Waals surface area contributed by atoms with Crippen LogP contribution in [0.15, 0.2) is 18.3 Å². The van der Waals surface area contributed by atoms with E-state index in [0.29, 0.717) is 13.1 Å². The molecule has 1 aromatic heterocycles. The molecule has 0 aromatic carbocycles. The van der Waals surface area contributed by atoms with Gasteiger partial charge in [0.05, 0.1) is 6.54 Å². The van der Waals surface area contributed by atoms with Crippen LogP contribution in [0, 0.1) is 0 Å². The van der Waals surface area contributed by atoms with Gasteiger partial charge in [-0.1, -0.05) is 13.3 Å². The first-order valence-corrected chi connectivity index (χ1v) is 7.47. The standard InChI is InChI=1S/C15H22F3N3.H2/c1-2-3-12-4-7-19-14(10-12)20-13-5-8-21(9-6-13)11-15(16,17)18;/h4,7,10,13H,2-3,5-6,8-9,11H2,1H3,(H,19,20);1H. The summed E-state index contributed by atoms with van der Waals surface area (Å²) in [6.07, 6.45) is 1.22. The number of likely N-dealkylation sites (tertiary alicyclic amines) is 1. The lowest BCUT2D eigenvalue weighted by Gasteiger charge is -2.32. The summed E-state index contributed by atoms with van der Waals surface area (Å²) in [5.74, 6) is 0.829. The number of hydrogen-bond acceptors (Lipinski definition) is 3. The molecule has 0 saturated carbocycles. The first-order chi connectivity index (χ1) is 9.96. The molecule has 1 saturated heterocycles. The summed E-state index contributed by atoms with van der Waals surface area (Å²) in [5.41, 5.74) is 1.24. The van der Waals surface area contributed by atoms with E-state index in [0.717, 1.165) is 31.5 Å². The van der Waals surface area contributed by atoms with E-state index in [4.69, 9.17) is 0 Å². The second kappa shape index (κ2) is 7.11. The molecule has 0 radical (unpaired) electrons. The second-order valence-corrected chi connectivity index (χ2v) is 5.61. The maximum absolute atomic E-state index is 12.3. The zero-order valence-electron chi connectivity index (χ0n) is 12.3. The van der Waals surface area contributed by atoms with E-state index in [2.05, 4.69) is 17.2 Å². The van der Waals surface area contributed by atoms with Crippen molar-refractivity contribution in [1.82, 2.24) is 9.88 Å². The van der Waals surface area contributed by atoms with Gasteiger partial charge >= 0.3 is 6.18 Å². The smallest absolute Gasteiger partial charge is 0.367 e. The minimum atomic E-state index is -4.10. The van der Waals surface area contributed by atoms with Gasteiger partial charge in [-0.2, -0.15) is 13.2 Å². The molecule has 1 fully saturated rings. The van der Waals surface area contributed by atoms with E-state index < -0.39 is 12.7 Å². The molecule has 0 spiro atoms. The van der Waals surface area contributed by atoms with Crippen LogP contribution in [-0.4, -0.2) is 41.7 Å². The predicted octanol–water partition coefficient (Wildman–Crippen LogP) is 3.72. The molecular formula is C15H24F3N3. The van der Waals surface area contributed by atoms with Gasteiger partial charge in [0.15, 0.2) is 0 Å². The highest BCUT2D eigenvalue weighted by molar-refractivity contribution is 5.38. The van der Waals surface area contributed by atoms with E-state index in [1.54, 1.807) is 6.20 Å². The number of piperidine rings is 1. The van der Waals surface area contributed by atoms with Gasteiger partial charge in [-0.3, -0.25) is 4.90 Å². The van der Waals surface area contributed by atoms with Crippen LogP contribution in [0.3, 0.4) is 0 Å². The fourth-order valence-electron chi connectivity index (χ4n) is 2.70. The molecule has 0 atom stereocenters. The minimum Gasteiger partial charge on any atom is -0.367 e. The van der Waals surface area contributed by atoms with Gasteiger partial charge in [0.25, 0.3) is 0 Å². The molecule has 1 aliphatic heterocycles. The Morgan fingerprint density at radius 1 is 1.38 bits per heavy atom. The van der Waals surface area contributed by atoms with Crippen LogP contribution in [0.1, 0.15) is 33.2 Å². The fraction of sp³-hybridized carbons (Fsp3) is 0.667. The number of halogens is 3. The number of anilines is 1. The van der Waals surface area contributed by atoms with Crippen LogP contribution < -0.4 is 5.32 Å². The van der Waals surface area contributed by atoms with Crippen molar-refractivity contribution < 1.29 is 14.6 Å². The zero-order valence-corrected chi connectivity index (χ0v) is 12.3. The number of rotatable bonds is 5. The SMILES string of the molecule is CCCc1ccnc(NC2CCN(CC(F)(F)F)CC2)c1.[HH]. The van der Waals surface area contributed by atoms with E-state index >= 15 is 0 Å². The summed E-state index contributed by atoms with van der Waals surface area (Å²) in [6, 6.07) is 4.24. The van der Waals surface area contributed by atoms with Crippen LogP contribution in [0.5, 0.6) is 0 Å². The van der Waals surface area contributed by atoms with Crippen LogP contribution in [0.2, 0.25) is 0 Å². The molecule has 1 N–H and O–H groups in total. The minimum absolute atomic E-state index is 0. The summed E-state index contributed by atoms with van der Waals surface area (Å²) >= 11 is 0. The number of nitrogens with one attached hydrogen (secondary N) is 1. The van der Waals surface area contributed by atoms with Crippen molar-refractivity contribution in [1.29, 1.82) is 0 Å². The molecule has 1 aromatic rings. The van der Waals surface area contributed by atoms with Gasteiger partial charge in [-0.05, 0) is 37.0 Å². The summed E-state index contributed by atoms with van der Waals surface area (Å²) in [7, 11) is 0. The molecule has 0 amide bonds. The van der Waals surface area contributed by atoms with Crippen LogP contribution in [0.25, 0.3) is 0 Å². The first kappa shape index (κ1) is 16.1. The lowest BCUT2D eigenvalue weighted by Crippen LogP contribution is -2.43.